The molecule has 1 saturated heterocycles. The Kier molecular flexibility index (Phi) is 8.10. The molecule has 3 heterocycles. The first-order valence-corrected chi connectivity index (χ1v) is 19.4. The Labute approximate surface area is 308 Å². The van der Waals surface area contributed by atoms with E-state index in [-0.39, 0.29) is 29.6 Å². The summed E-state index contributed by atoms with van der Waals surface area (Å²) in [6.07, 6.45) is 24.5. The average molecular weight is 683 g/mol. The summed E-state index contributed by atoms with van der Waals surface area (Å²) < 4.78 is 0. The fourth-order valence-corrected chi connectivity index (χ4v) is 11.0. The largest absolute Gasteiger partial charge is 0.361 e. The fourth-order valence-electron chi connectivity index (χ4n) is 11.0. The van der Waals surface area contributed by atoms with E-state index in [0.29, 0.717) is 23.1 Å². The van der Waals surface area contributed by atoms with Gasteiger partial charge in [-0.2, -0.15) is 15.8 Å². The van der Waals surface area contributed by atoms with E-state index in [2.05, 4.69) is 114 Å². The summed E-state index contributed by atoms with van der Waals surface area (Å²) in [5, 5.41) is 29.3. The van der Waals surface area contributed by atoms with Crippen molar-refractivity contribution in [2.24, 2.45) is 5.92 Å². The molecule has 0 spiro atoms. The predicted molar refractivity (Wildman–Crippen MR) is 204 cm³/mol. The molecule has 2 aromatic carbocycles. The van der Waals surface area contributed by atoms with E-state index in [0.717, 1.165) is 44.1 Å². The van der Waals surface area contributed by atoms with Crippen molar-refractivity contribution >= 4 is 5.69 Å². The maximum atomic E-state index is 9.92. The van der Waals surface area contributed by atoms with Crippen molar-refractivity contribution in [1.29, 1.82) is 15.8 Å². The number of hydrogen-bond donors (Lipinski definition) is 0. The molecule has 4 aliphatic carbocycles. The van der Waals surface area contributed by atoms with E-state index in [1.807, 2.05) is 18.2 Å². The molecule has 7 atom stereocenters. The van der Waals surface area contributed by atoms with E-state index in [9.17, 15) is 15.8 Å². The van der Waals surface area contributed by atoms with Crippen LogP contribution in [0, 0.1) is 39.9 Å². The predicted octanol–water partition coefficient (Wildman–Crippen LogP) is 9.20. The molecule has 0 N–H and O–H groups in total. The van der Waals surface area contributed by atoms with Crippen LogP contribution in [0.1, 0.15) is 93.7 Å². The summed E-state index contributed by atoms with van der Waals surface area (Å²) in [7, 11) is 2.32. The second kappa shape index (κ2) is 12.8. The third kappa shape index (κ3) is 5.13. The van der Waals surface area contributed by atoms with Crippen molar-refractivity contribution in [2.45, 2.75) is 107 Å². The summed E-state index contributed by atoms with van der Waals surface area (Å²) in [5.41, 5.74) is 11.5. The van der Waals surface area contributed by atoms with Gasteiger partial charge < -0.3 is 9.80 Å². The lowest BCUT2D eigenvalue weighted by molar-refractivity contribution is 0.0481. The van der Waals surface area contributed by atoms with Gasteiger partial charge >= 0.3 is 0 Å². The first-order chi connectivity index (χ1) is 25.4. The van der Waals surface area contributed by atoms with Gasteiger partial charge in [0.2, 0.25) is 0 Å². The molecule has 52 heavy (non-hydrogen) atoms. The van der Waals surface area contributed by atoms with Crippen LogP contribution in [0.25, 0.3) is 0 Å². The summed E-state index contributed by atoms with van der Waals surface area (Å²) >= 11 is 0. The molecule has 0 amide bonds. The molecule has 9 rings (SSSR count). The van der Waals surface area contributed by atoms with Crippen LogP contribution < -0.4 is 4.90 Å². The molecule has 7 unspecified atom stereocenters. The van der Waals surface area contributed by atoms with Crippen LogP contribution in [-0.4, -0.2) is 41.0 Å². The third-order valence-corrected chi connectivity index (χ3v) is 13.6. The van der Waals surface area contributed by atoms with Gasteiger partial charge in [-0.05, 0) is 130 Å². The van der Waals surface area contributed by atoms with Gasteiger partial charge in [0.1, 0.15) is 0 Å². The molecule has 260 valence electrons. The fraction of sp³-hybridized carbons (Fsp3) is 0.413. The van der Waals surface area contributed by atoms with Gasteiger partial charge in [0, 0.05) is 57.7 Å². The van der Waals surface area contributed by atoms with Crippen LogP contribution in [0.5, 0.6) is 0 Å². The summed E-state index contributed by atoms with van der Waals surface area (Å²) in [5.74, 6) is 0.631. The summed E-state index contributed by atoms with van der Waals surface area (Å²) in [6.45, 7) is 2.39. The summed E-state index contributed by atoms with van der Waals surface area (Å²) in [4.78, 5) is 8.03. The van der Waals surface area contributed by atoms with Gasteiger partial charge in [-0.1, -0.05) is 55.3 Å². The van der Waals surface area contributed by atoms with Crippen LogP contribution in [0.15, 0.2) is 119 Å². The molecule has 6 nitrogen and oxygen atoms in total. The quantitative estimate of drug-likeness (QED) is 0.320. The Balaban J connectivity index is 1.16. The smallest absolute Gasteiger partial charge is 0.0991 e. The minimum absolute atomic E-state index is 0.0451. The number of rotatable bonds is 4. The normalized spacial score (nSPS) is 32.2. The van der Waals surface area contributed by atoms with Crippen LogP contribution in [-0.2, 0) is 5.54 Å². The number of hydrogen-bond acceptors (Lipinski definition) is 6. The van der Waals surface area contributed by atoms with Crippen LogP contribution in [0.4, 0.5) is 5.69 Å². The highest BCUT2D eigenvalue weighted by Gasteiger charge is 2.47. The standard InChI is InChI=1S/C46H46N6/c1-46(34-17-13-30(27-47)14-18-34)21-7-12-41(50(46)2)33-24-35(51-42-10-5-3-8-37(42)38-9-4-6-11-43(38)51)26-36(25-33)52-44-19-15-31(28-48)22-39(44)40-23-32(29-49)16-20-45(40)52/h3,5,8,10,13-15,17-19,22-23,25-26,35,38-39,41,43-44H,4,6-7,9,11-12,16,20-21,24H2,1-2H3. The molecule has 2 aromatic rings. The number of benzene rings is 2. The van der Waals surface area contributed by atoms with E-state index in [1.54, 1.807) is 0 Å². The Morgan fingerprint density at radius 3 is 2.48 bits per heavy atom. The van der Waals surface area contributed by atoms with Gasteiger partial charge in [-0.25, -0.2) is 0 Å². The maximum Gasteiger partial charge on any atom is 0.0991 e. The molecule has 0 radical (unpaired) electrons. The number of nitriles is 3. The van der Waals surface area contributed by atoms with Crippen molar-refractivity contribution in [3.63, 3.8) is 0 Å². The van der Waals surface area contributed by atoms with Gasteiger partial charge in [0.15, 0.2) is 0 Å². The summed E-state index contributed by atoms with van der Waals surface area (Å²) in [6, 6.07) is 25.7. The number of likely N-dealkylation sites (tertiary alicyclic amines) is 1. The van der Waals surface area contributed by atoms with Gasteiger partial charge in [0.25, 0.3) is 0 Å². The van der Waals surface area contributed by atoms with Gasteiger partial charge in [0.05, 0.1) is 35.9 Å². The molecule has 0 bridgehead atoms. The number of allylic oxidation sites excluding steroid dienone is 6. The second-order valence-electron chi connectivity index (χ2n) is 16.2. The SMILES string of the molecule is CN1C(C2=CC(N3C4=C(C=C(C#N)CC4)C4C=C(C#N)C=CC43)=CC(N3c4ccccc4C4CCCCC43)C2)CCCC1(C)c1ccc(C#N)cc1. The molecule has 2 fully saturated rings. The minimum Gasteiger partial charge on any atom is -0.361 e. The molecule has 1 saturated carbocycles. The van der Waals surface area contributed by atoms with Crippen molar-refractivity contribution in [1.82, 2.24) is 9.80 Å². The number of fused-ring (bicyclic) bond motifs is 5. The molecule has 6 heteroatoms. The first kappa shape index (κ1) is 32.8. The highest BCUT2D eigenvalue weighted by Crippen LogP contribution is 2.52. The minimum atomic E-state index is -0.149. The topological polar surface area (TPSA) is 81.1 Å². The lowest BCUT2D eigenvalue weighted by Gasteiger charge is -2.50. The van der Waals surface area contributed by atoms with Crippen LogP contribution in [0.2, 0.25) is 0 Å². The molecular formula is C46H46N6. The lowest BCUT2D eigenvalue weighted by atomic mass is 9.76. The van der Waals surface area contributed by atoms with Crippen molar-refractivity contribution in [3.05, 3.63) is 135 Å². The van der Waals surface area contributed by atoms with E-state index in [1.165, 1.54) is 65.0 Å². The Hall–Kier alpha value is -5.09. The Bertz CT molecular complexity index is 2120. The van der Waals surface area contributed by atoms with Crippen LogP contribution >= 0.6 is 0 Å². The molecular weight excluding hydrogens is 637 g/mol. The molecule has 0 aromatic heterocycles. The molecule has 3 aliphatic heterocycles. The lowest BCUT2D eigenvalue weighted by Crippen LogP contribution is -2.52. The van der Waals surface area contributed by atoms with E-state index >= 15 is 0 Å². The Morgan fingerprint density at radius 2 is 1.67 bits per heavy atom. The van der Waals surface area contributed by atoms with Crippen molar-refractivity contribution in [3.8, 4) is 18.2 Å². The highest BCUT2D eigenvalue weighted by molar-refractivity contribution is 5.65. The highest BCUT2D eigenvalue weighted by atomic mass is 15.3. The molecule has 7 aliphatic rings. The van der Waals surface area contributed by atoms with Gasteiger partial charge in [-0.15, -0.1) is 0 Å². The number of para-hydroxylation sites is 1. The third-order valence-electron chi connectivity index (χ3n) is 13.6. The van der Waals surface area contributed by atoms with Crippen molar-refractivity contribution in [2.75, 3.05) is 11.9 Å². The van der Waals surface area contributed by atoms with E-state index < -0.39 is 0 Å². The monoisotopic (exact) mass is 682 g/mol. The van der Waals surface area contributed by atoms with Gasteiger partial charge in [-0.3, -0.25) is 4.90 Å². The maximum absolute atomic E-state index is 9.92. The average Bonchev–Trinajstić information content (AvgIpc) is 3.71. The second-order valence-corrected chi connectivity index (χ2v) is 16.2. The Morgan fingerprint density at radius 1 is 0.846 bits per heavy atom. The number of nitrogens with zero attached hydrogens (tertiary/aromatic N) is 6. The zero-order valence-corrected chi connectivity index (χ0v) is 30.3. The number of likely N-dealkylation sites (N-methyl/N-ethyl adjacent to an activating group) is 1. The number of anilines is 1. The zero-order valence-electron chi connectivity index (χ0n) is 30.3. The van der Waals surface area contributed by atoms with Crippen LogP contribution in [0.3, 0.4) is 0 Å². The zero-order chi connectivity index (χ0) is 35.6. The number of piperidine rings is 1. The first-order valence-electron chi connectivity index (χ1n) is 19.4. The van der Waals surface area contributed by atoms with Crippen molar-refractivity contribution < 1.29 is 0 Å². The van der Waals surface area contributed by atoms with E-state index in [4.69, 9.17) is 0 Å².